The summed E-state index contributed by atoms with van der Waals surface area (Å²) in [7, 11) is 0. The third-order valence-corrected chi connectivity index (χ3v) is 8.78. The minimum atomic E-state index is -0.340. The highest BCUT2D eigenvalue weighted by atomic mass is 32.1. The van der Waals surface area contributed by atoms with Gasteiger partial charge >= 0.3 is 0 Å². The van der Waals surface area contributed by atoms with Crippen LogP contribution in [0.2, 0.25) is 0 Å². The molecular formula is C27H30N6O3S. The number of piperidine rings is 1. The Balaban J connectivity index is 1.42. The van der Waals surface area contributed by atoms with E-state index in [4.69, 9.17) is 10.7 Å². The monoisotopic (exact) mass is 518 g/mol. The summed E-state index contributed by atoms with van der Waals surface area (Å²) in [5.41, 5.74) is 6.83. The van der Waals surface area contributed by atoms with Crippen molar-refractivity contribution in [2.45, 2.75) is 25.7 Å². The molecule has 6 rings (SSSR count). The summed E-state index contributed by atoms with van der Waals surface area (Å²) in [4.78, 5) is 48.7. The number of anilines is 1. The third kappa shape index (κ3) is 4.34. The van der Waals surface area contributed by atoms with Gasteiger partial charge in [-0.1, -0.05) is 12.1 Å². The molecule has 192 valence electrons. The van der Waals surface area contributed by atoms with E-state index in [1.165, 1.54) is 24.2 Å². The standard InChI is InChI=1S/C27H30N6O3S/c28-24(35)17-9-14-32(15-10-17)21-8-7-18-23(34)22(26(36)29-11-16-31-12-3-4-13-31)27-33(25(18)30-21)19-5-1-2-6-20(19)37-27/h1-2,5-8,17H,3-4,9-16H2,(H2,28,35)(H,29,36). The van der Waals surface area contributed by atoms with Gasteiger partial charge in [-0.25, -0.2) is 4.98 Å². The lowest BCUT2D eigenvalue weighted by atomic mass is 9.96. The SMILES string of the molecule is NC(=O)C1CCN(c2ccc3c(=O)c(C(=O)NCCN4CCCC4)c4sc5ccccc5n4c3n2)CC1. The number of hydrogen-bond acceptors (Lipinski definition) is 7. The number of carbonyl (C=O) groups is 2. The Morgan fingerprint density at radius 2 is 1.81 bits per heavy atom. The number of amides is 2. The van der Waals surface area contributed by atoms with Crippen LogP contribution in [0.5, 0.6) is 0 Å². The predicted octanol–water partition coefficient (Wildman–Crippen LogP) is 2.59. The number of rotatable bonds is 6. The summed E-state index contributed by atoms with van der Waals surface area (Å²) in [6.07, 6.45) is 3.76. The molecule has 4 aromatic rings. The molecule has 0 spiro atoms. The fourth-order valence-corrected chi connectivity index (χ4v) is 6.75. The number of benzene rings is 1. The zero-order valence-corrected chi connectivity index (χ0v) is 21.4. The average Bonchev–Trinajstić information content (AvgIpc) is 3.56. The lowest BCUT2D eigenvalue weighted by Crippen LogP contribution is -2.39. The highest BCUT2D eigenvalue weighted by Gasteiger charge is 2.26. The minimum Gasteiger partial charge on any atom is -0.369 e. The molecule has 37 heavy (non-hydrogen) atoms. The molecule has 0 unspecified atom stereocenters. The highest BCUT2D eigenvalue weighted by molar-refractivity contribution is 7.24. The lowest BCUT2D eigenvalue weighted by Gasteiger charge is -2.31. The van der Waals surface area contributed by atoms with Gasteiger partial charge in [0.05, 0.1) is 15.6 Å². The summed E-state index contributed by atoms with van der Waals surface area (Å²) in [6.45, 7) is 4.75. The zero-order chi connectivity index (χ0) is 25.5. The van der Waals surface area contributed by atoms with Crippen molar-refractivity contribution in [2.24, 2.45) is 11.7 Å². The third-order valence-electron chi connectivity index (χ3n) is 7.63. The van der Waals surface area contributed by atoms with Crippen LogP contribution in [-0.4, -0.2) is 65.4 Å². The maximum Gasteiger partial charge on any atom is 0.258 e. The van der Waals surface area contributed by atoms with Gasteiger partial charge in [-0.3, -0.25) is 18.8 Å². The summed E-state index contributed by atoms with van der Waals surface area (Å²) < 4.78 is 2.93. The smallest absolute Gasteiger partial charge is 0.258 e. The van der Waals surface area contributed by atoms with Crippen LogP contribution < -0.4 is 21.4 Å². The topological polar surface area (TPSA) is 113 Å². The minimum absolute atomic E-state index is 0.113. The molecule has 9 nitrogen and oxygen atoms in total. The molecule has 2 fully saturated rings. The molecule has 0 saturated carbocycles. The first-order valence-electron chi connectivity index (χ1n) is 12.9. The van der Waals surface area contributed by atoms with E-state index in [0.717, 1.165) is 35.7 Å². The molecule has 1 aromatic carbocycles. The largest absolute Gasteiger partial charge is 0.369 e. The number of primary amides is 1. The van der Waals surface area contributed by atoms with Crippen LogP contribution in [-0.2, 0) is 4.79 Å². The number of para-hydroxylation sites is 1. The number of likely N-dealkylation sites (tertiary alicyclic amines) is 1. The second-order valence-electron chi connectivity index (χ2n) is 9.92. The van der Waals surface area contributed by atoms with E-state index >= 15 is 0 Å². The maximum absolute atomic E-state index is 13.7. The van der Waals surface area contributed by atoms with Crippen molar-refractivity contribution in [1.82, 2.24) is 19.6 Å². The molecular weight excluding hydrogens is 488 g/mol. The van der Waals surface area contributed by atoms with Crippen LogP contribution >= 0.6 is 11.3 Å². The van der Waals surface area contributed by atoms with Crippen molar-refractivity contribution >= 4 is 55.0 Å². The molecule has 2 aliphatic heterocycles. The van der Waals surface area contributed by atoms with Gasteiger partial charge in [0.25, 0.3) is 5.91 Å². The van der Waals surface area contributed by atoms with Crippen LogP contribution in [0.3, 0.4) is 0 Å². The summed E-state index contributed by atoms with van der Waals surface area (Å²) >= 11 is 1.44. The van der Waals surface area contributed by atoms with Crippen LogP contribution in [0.4, 0.5) is 5.82 Å². The molecule has 0 aliphatic carbocycles. The van der Waals surface area contributed by atoms with Crippen LogP contribution in [0.25, 0.3) is 26.1 Å². The van der Waals surface area contributed by atoms with E-state index in [1.54, 1.807) is 6.07 Å². The van der Waals surface area contributed by atoms with Crippen molar-refractivity contribution in [3.05, 3.63) is 52.2 Å². The van der Waals surface area contributed by atoms with E-state index in [1.807, 2.05) is 34.7 Å². The van der Waals surface area contributed by atoms with Gasteiger partial charge in [0.1, 0.15) is 16.2 Å². The highest BCUT2D eigenvalue weighted by Crippen LogP contribution is 2.32. The molecule has 5 heterocycles. The Morgan fingerprint density at radius 1 is 1.05 bits per heavy atom. The number of thiazole rings is 1. The number of nitrogens with two attached hydrogens (primary N) is 1. The fraction of sp³-hybridized carbons (Fsp3) is 0.407. The van der Waals surface area contributed by atoms with E-state index in [-0.39, 0.29) is 28.7 Å². The van der Waals surface area contributed by atoms with Crippen LogP contribution in [0, 0.1) is 5.92 Å². The van der Waals surface area contributed by atoms with Gasteiger partial charge in [-0.15, -0.1) is 11.3 Å². The lowest BCUT2D eigenvalue weighted by molar-refractivity contribution is -0.122. The van der Waals surface area contributed by atoms with Crippen molar-refractivity contribution in [3.8, 4) is 0 Å². The van der Waals surface area contributed by atoms with Crippen LogP contribution in [0.1, 0.15) is 36.0 Å². The number of aromatic nitrogens is 2. The Kier molecular flexibility index (Phi) is 6.29. The molecule has 10 heteroatoms. The fourth-order valence-electron chi connectivity index (χ4n) is 5.57. The van der Waals surface area contributed by atoms with Crippen LogP contribution in [0.15, 0.2) is 41.2 Å². The molecule has 3 N–H and O–H groups in total. The van der Waals surface area contributed by atoms with Crippen molar-refractivity contribution < 1.29 is 9.59 Å². The summed E-state index contributed by atoms with van der Waals surface area (Å²) in [6, 6.07) is 11.5. The molecule has 0 atom stereocenters. The molecule has 3 aromatic heterocycles. The molecule has 0 bridgehead atoms. The zero-order valence-electron chi connectivity index (χ0n) is 20.6. The average molecular weight is 519 g/mol. The molecule has 2 aliphatic rings. The van der Waals surface area contributed by atoms with Gasteiger partial charge in [-0.2, -0.15) is 0 Å². The summed E-state index contributed by atoms with van der Waals surface area (Å²) in [5, 5.41) is 3.41. The van der Waals surface area contributed by atoms with Gasteiger partial charge in [0.15, 0.2) is 5.65 Å². The Hall–Kier alpha value is -3.50. The maximum atomic E-state index is 13.7. The normalized spacial score (nSPS) is 17.2. The second-order valence-corrected chi connectivity index (χ2v) is 11.0. The number of fused-ring (bicyclic) bond motifs is 5. The number of nitrogens with one attached hydrogen (secondary N) is 1. The van der Waals surface area contributed by atoms with Gasteiger partial charge < -0.3 is 20.9 Å². The molecule has 2 saturated heterocycles. The first kappa shape index (κ1) is 23.9. The second kappa shape index (κ2) is 9.75. The Morgan fingerprint density at radius 3 is 2.57 bits per heavy atom. The number of pyridine rings is 2. The number of nitrogens with zero attached hydrogens (tertiary/aromatic N) is 4. The van der Waals surface area contributed by atoms with E-state index < -0.39 is 0 Å². The van der Waals surface area contributed by atoms with E-state index in [2.05, 4.69) is 15.1 Å². The molecule has 2 amide bonds. The Labute approximate surface area is 217 Å². The van der Waals surface area contributed by atoms with E-state index in [0.29, 0.717) is 48.3 Å². The van der Waals surface area contributed by atoms with Crippen molar-refractivity contribution in [3.63, 3.8) is 0 Å². The van der Waals surface area contributed by atoms with Crippen molar-refractivity contribution in [2.75, 3.05) is 44.2 Å². The number of hydrogen-bond donors (Lipinski definition) is 2. The van der Waals surface area contributed by atoms with Gasteiger partial charge in [0, 0.05) is 32.1 Å². The first-order valence-corrected chi connectivity index (χ1v) is 13.7. The Bertz CT molecular complexity index is 1560. The predicted molar refractivity (Wildman–Crippen MR) is 146 cm³/mol. The first-order chi connectivity index (χ1) is 18.0. The van der Waals surface area contributed by atoms with Gasteiger partial charge in [-0.05, 0) is 63.0 Å². The molecule has 0 radical (unpaired) electrons. The number of carbonyl (C=O) groups excluding carboxylic acids is 2. The quantitative estimate of drug-likeness (QED) is 0.406. The van der Waals surface area contributed by atoms with Gasteiger partial charge in [0.2, 0.25) is 11.3 Å². The van der Waals surface area contributed by atoms with E-state index in [9.17, 15) is 14.4 Å². The van der Waals surface area contributed by atoms with Crippen molar-refractivity contribution in [1.29, 1.82) is 0 Å². The summed E-state index contributed by atoms with van der Waals surface area (Å²) in [5.74, 6) is 0.0446.